The summed E-state index contributed by atoms with van der Waals surface area (Å²) in [5.41, 5.74) is 4.74. The number of hydrogen-bond acceptors (Lipinski definition) is 4. The highest BCUT2D eigenvalue weighted by Gasteiger charge is 2.39. The van der Waals surface area contributed by atoms with Crippen LogP contribution in [-0.4, -0.2) is 40.5 Å². The van der Waals surface area contributed by atoms with Crippen molar-refractivity contribution >= 4 is 23.6 Å². The lowest BCUT2D eigenvalue weighted by molar-refractivity contribution is -0.144. The molecule has 2 aromatic rings. The number of aryl methyl sites for hydroxylation is 4. The quantitative estimate of drug-likeness (QED) is 0.369. The molecule has 0 aliphatic carbocycles. The molecule has 0 saturated heterocycles. The topological polar surface area (TPSA) is 87.7 Å². The molecule has 3 unspecified atom stereocenters. The van der Waals surface area contributed by atoms with E-state index in [2.05, 4.69) is 10.6 Å². The third-order valence-electron chi connectivity index (χ3n) is 7.06. The second kappa shape index (κ2) is 13.1. The van der Waals surface area contributed by atoms with Crippen LogP contribution in [0.1, 0.15) is 88.7 Å². The van der Waals surface area contributed by atoms with Crippen LogP contribution in [0.25, 0.3) is 0 Å². The lowest BCUT2D eigenvalue weighted by Gasteiger charge is -2.38. The van der Waals surface area contributed by atoms with Crippen molar-refractivity contribution in [1.29, 1.82) is 0 Å². The van der Waals surface area contributed by atoms with Crippen molar-refractivity contribution in [3.05, 3.63) is 64.2 Å². The number of amides is 3. The molecule has 2 N–H and O–H groups in total. The number of nitrogens with zero attached hydrogens (tertiary/aromatic N) is 1. The minimum absolute atomic E-state index is 0.187. The average Bonchev–Trinajstić information content (AvgIpc) is 2.82. The molecular formula is C32H47N3O4. The van der Waals surface area contributed by atoms with Gasteiger partial charge in [-0.05, 0) is 96.0 Å². The number of rotatable bonds is 9. The molecule has 7 nitrogen and oxygen atoms in total. The lowest BCUT2D eigenvalue weighted by atomic mass is 9.93. The molecule has 39 heavy (non-hydrogen) atoms. The van der Waals surface area contributed by atoms with Crippen LogP contribution in [0.3, 0.4) is 0 Å². The Bertz CT molecular complexity index is 1160. The first-order valence-electron chi connectivity index (χ1n) is 13.8. The third-order valence-corrected chi connectivity index (χ3v) is 7.06. The molecule has 0 fully saturated rings. The number of carbonyl (C=O) groups is 3. The number of anilines is 1. The van der Waals surface area contributed by atoms with Crippen LogP contribution in [0.5, 0.6) is 0 Å². The van der Waals surface area contributed by atoms with E-state index >= 15 is 0 Å². The molecular weight excluding hydrogens is 490 g/mol. The van der Waals surface area contributed by atoms with E-state index in [1.165, 1.54) is 0 Å². The number of nitrogens with one attached hydrogen (secondary N) is 2. The minimum atomic E-state index is -0.914. The van der Waals surface area contributed by atoms with Crippen LogP contribution in [0, 0.1) is 33.6 Å². The summed E-state index contributed by atoms with van der Waals surface area (Å²) in [7, 11) is 0. The molecule has 3 atom stereocenters. The number of ether oxygens (including phenoxy) is 1. The van der Waals surface area contributed by atoms with Crippen molar-refractivity contribution in [3.63, 3.8) is 0 Å². The molecule has 0 bridgehead atoms. The predicted octanol–water partition coefficient (Wildman–Crippen LogP) is 6.78. The molecule has 3 amide bonds. The Hall–Kier alpha value is -3.35. The van der Waals surface area contributed by atoms with Crippen molar-refractivity contribution in [2.45, 2.75) is 106 Å². The zero-order valence-corrected chi connectivity index (χ0v) is 25.6. The maximum atomic E-state index is 14.3. The fraction of sp³-hybridized carbons (Fsp3) is 0.531. The van der Waals surface area contributed by atoms with Gasteiger partial charge in [-0.2, -0.15) is 0 Å². The van der Waals surface area contributed by atoms with E-state index in [1.54, 1.807) is 25.7 Å². The van der Waals surface area contributed by atoms with E-state index in [9.17, 15) is 14.4 Å². The number of hydrogen-bond donors (Lipinski definition) is 2. The molecule has 0 saturated carbocycles. The summed E-state index contributed by atoms with van der Waals surface area (Å²) in [5.74, 6) is -0.823. The summed E-state index contributed by atoms with van der Waals surface area (Å²) in [4.78, 5) is 42.8. The van der Waals surface area contributed by atoms with Gasteiger partial charge in [0.15, 0.2) is 0 Å². The van der Waals surface area contributed by atoms with E-state index in [1.807, 2.05) is 91.8 Å². The van der Waals surface area contributed by atoms with E-state index in [0.717, 1.165) is 27.9 Å². The van der Waals surface area contributed by atoms with E-state index in [4.69, 9.17) is 4.74 Å². The second-order valence-electron chi connectivity index (χ2n) is 11.9. The monoisotopic (exact) mass is 537 g/mol. The summed E-state index contributed by atoms with van der Waals surface area (Å²) in [6.45, 7) is 20.9. The summed E-state index contributed by atoms with van der Waals surface area (Å²) < 4.78 is 5.48. The fourth-order valence-electron chi connectivity index (χ4n) is 4.53. The van der Waals surface area contributed by atoms with E-state index in [-0.39, 0.29) is 23.8 Å². The highest BCUT2D eigenvalue weighted by Crippen LogP contribution is 2.30. The van der Waals surface area contributed by atoms with Gasteiger partial charge in [-0.25, -0.2) is 4.79 Å². The molecule has 0 heterocycles. The summed E-state index contributed by atoms with van der Waals surface area (Å²) in [6.07, 6.45) is -0.00584. The Kier molecular flexibility index (Phi) is 10.7. The molecule has 2 rings (SSSR count). The van der Waals surface area contributed by atoms with E-state index < -0.39 is 23.8 Å². The average molecular weight is 538 g/mol. The Morgan fingerprint density at radius 3 is 1.97 bits per heavy atom. The number of alkyl carbamates (subject to hydrolysis) is 1. The van der Waals surface area contributed by atoms with Gasteiger partial charge in [0.2, 0.25) is 5.91 Å². The van der Waals surface area contributed by atoms with Crippen LogP contribution in [0.2, 0.25) is 0 Å². The molecule has 7 heteroatoms. The van der Waals surface area contributed by atoms with Crippen molar-refractivity contribution in [3.8, 4) is 0 Å². The first-order chi connectivity index (χ1) is 18.1. The van der Waals surface area contributed by atoms with Crippen LogP contribution in [0.4, 0.5) is 10.5 Å². The van der Waals surface area contributed by atoms with Gasteiger partial charge in [-0.1, -0.05) is 56.7 Å². The SMILES string of the molecule is CCC(C)C(NC(=O)OC(C)(C)C)C(=O)N(C(C)C)C(C(=O)Nc1c(C)cccc1C)c1ccc(C)c(C)c1. The molecule has 2 aromatic carbocycles. The van der Waals surface area contributed by atoms with Crippen LogP contribution < -0.4 is 10.6 Å². The predicted molar refractivity (Wildman–Crippen MR) is 158 cm³/mol. The Balaban J connectivity index is 2.62. The molecule has 0 aliphatic rings. The summed E-state index contributed by atoms with van der Waals surface area (Å²) in [6, 6.07) is 9.57. The van der Waals surface area contributed by atoms with Crippen molar-refractivity contribution in [1.82, 2.24) is 10.2 Å². The summed E-state index contributed by atoms with van der Waals surface area (Å²) in [5, 5.41) is 5.92. The number of carbonyl (C=O) groups excluding carboxylic acids is 3. The van der Waals surface area contributed by atoms with Gasteiger partial charge in [-0.3, -0.25) is 9.59 Å². The van der Waals surface area contributed by atoms with Gasteiger partial charge in [0.1, 0.15) is 17.7 Å². The minimum Gasteiger partial charge on any atom is -0.444 e. The van der Waals surface area contributed by atoms with Gasteiger partial charge in [-0.15, -0.1) is 0 Å². The first kappa shape index (κ1) is 31.9. The van der Waals surface area contributed by atoms with Gasteiger partial charge < -0.3 is 20.3 Å². The summed E-state index contributed by atoms with van der Waals surface area (Å²) >= 11 is 0. The smallest absolute Gasteiger partial charge is 0.408 e. The molecule has 0 aromatic heterocycles. The maximum absolute atomic E-state index is 14.3. The second-order valence-corrected chi connectivity index (χ2v) is 11.9. The van der Waals surface area contributed by atoms with Crippen molar-refractivity contribution < 1.29 is 19.1 Å². The van der Waals surface area contributed by atoms with Gasteiger partial charge in [0.05, 0.1) is 0 Å². The number of para-hydroxylation sites is 1. The van der Waals surface area contributed by atoms with Gasteiger partial charge in [0, 0.05) is 11.7 Å². The third kappa shape index (κ3) is 8.32. The normalized spacial score (nSPS) is 13.8. The van der Waals surface area contributed by atoms with Crippen LogP contribution in [0.15, 0.2) is 36.4 Å². The Morgan fingerprint density at radius 2 is 1.49 bits per heavy atom. The zero-order chi connectivity index (χ0) is 29.7. The molecule has 0 radical (unpaired) electrons. The molecule has 0 spiro atoms. The van der Waals surface area contributed by atoms with E-state index in [0.29, 0.717) is 12.0 Å². The van der Waals surface area contributed by atoms with Gasteiger partial charge >= 0.3 is 6.09 Å². The van der Waals surface area contributed by atoms with Crippen molar-refractivity contribution in [2.75, 3.05) is 5.32 Å². The van der Waals surface area contributed by atoms with Crippen molar-refractivity contribution in [2.24, 2.45) is 5.92 Å². The zero-order valence-electron chi connectivity index (χ0n) is 25.6. The van der Waals surface area contributed by atoms with Crippen LogP contribution >= 0.6 is 0 Å². The number of benzene rings is 2. The molecule has 0 aliphatic heterocycles. The highest BCUT2D eigenvalue weighted by molar-refractivity contribution is 6.00. The standard InChI is InChI=1S/C32H47N3O4/c1-12-20(4)27(34-31(38)39-32(9,10)11)30(37)35(19(2)3)28(25-17-16-21(5)24(8)18-25)29(36)33-26-22(6)14-13-15-23(26)7/h13-20,27-28H,12H2,1-11H3,(H,33,36)(H,34,38). The Morgan fingerprint density at radius 1 is 0.897 bits per heavy atom. The largest absolute Gasteiger partial charge is 0.444 e. The molecule has 214 valence electrons. The highest BCUT2D eigenvalue weighted by atomic mass is 16.6. The lowest BCUT2D eigenvalue weighted by Crippen LogP contribution is -2.56. The first-order valence-corrected chi connectivity index (χ1v) is 13.8. The van der Waals surface area contributed by atoms with Crippen LogP contribution in [-0.2, 0) is 14.3 Å². The Labute approximate surface area is 234 Å². The fourth-order valence-corrected chi connectivity index (χ4v) is 4.53. The van der Waals surface area contributed by atoms with Gasteiger partial charge in [0.25, 0.3) is 5.91 Å². The maximum Gasteiger partial charge on any atom is 0.408 e.